The molecule has 0 radical (unpaired) electrons. The summed E-state index contributed by atoms with van der Waals surface area (Å²) in [6, 6.07) is 4.45. The van der Waals surface area contributed by atoms with Crippen molar-refractivity contribution in [2.24, 2.45) is 0 Å². The Bertz CT molecular complexity index is 310. The molecule has 0 bridgehead atoms. The van der Waals surface area contributed by atoms with E-state index in [1.165, 1.54) is 6.07 Å². The fraction of sp³-hybridized carbons (Fsp3) is 0.273. The maximum absolute atomic E-state index is 13.2. The van der Waals surface area contributed by atoms with Crippen LogP contribution in [-0.4, -0.2) is 19.7 Å². The summed E-state index contributed by atoms with van der Waals surface area (Å²) in [5.74, 6) is -0.328. The van der Waals surface area contributed by atoms with Crippen molar-refractivity contribution in [3.63, 3.8) is 0 Å². The van der Waals surface area contributed by atoms with Crippen LogP contribution in [-0.2, 0) is 0 Å². The van der Waals surface area contributed by atoms with E-state index in [2.05, 4.69) is 11.9 Å². The van der Waals surface area contributed by atoms with Crippen molar-refractivity contribution < 1.29 is 9.13 Å². The lowest BCUT2D eigenvalue weighted by atomic mass is 10.3. The molecule has 0 atom stereocenters. The van der Waals surface area contributed by atoms with Gasteiger partial charge in [0.05, 0.1) is 5.02 Å². The van der Waals surface area contributed by atoms with E-state index in [-0.39, 0.29) is 5.75 Å². The van der Waals surface area contributed by atoms with Crippen molar-refractivity contribution in [3.8, 4) is 5.75 Å². The second-order valence-electron chi connectivity index (χ2n) is 2.89. The van der Waals surface area contributed by atoms with Gasteiger partial charge >= 0.3 is 0 Å². The van der Waals surface area contributed by atoms with Crippen LogP contribution in [0.15, 0.2) is 30.9 Å². The molecule has 0 amide bonds. The standard InChI is InChI=1S/C11H13ClFNO/c1-2-6-14-7-8-15-11-9(12)4-3-5-10(11)13/h2-5,14H,1,6-8H2. The lowest BCUT2D eigenvalue weighted by molar-refractivity contribution is 0.301. The van der Waals surface area contributed by atoms with Crippen LogP contribution in [0, 0.1) is 5.82 Å². The zero-order chi connectivity index (χ0) is 11.1. The van der Waals surface area contributed by atoms with E-state index in [0.717, 1.165) is 0 Å². The van der Waals surface area contributed by atoms with Gasteiger partial charge in [0.15, 0.2) is 11.6 Å². The van der Waals surface area contributed by atoms with Crippen molar-refractivity contribution in [2.75, 3.05) is 19.7 Å². The summed E-state index contributed by atoms with van der Waals surface area (Å²) < 4.78 is 18.4. The largest absolute Gasteiger partial charge is 0.488 e. The molecule has 0 spiro atoms. The molecule has 0 unspecified atom stereocenters. The van der Waals surface area contributed by atoms with E-state index < -0.39 is 5.82 Å². The molecule has 1 aromatic rings. The molecule has 0 fully saturated rings. The summed E-state index contributed by atoms with van der Waals surface area (Å²) in [5, 5.41) is 3.33. The molecule has 0 aliphatic rings. The molecule has 0 heterocycles. The zero-order valence-corrected chi connectivity index (χ0v) is 9.06. The number of nitrogens with one attached hydrogen (secondary N) is 1. The summed E-state index contributed by atoms with van der Waals surface area (Å²) in [4.78, 5) is 0. The molecule has 4 heteroatoms. The molecular weight excluding hydrogens is 217 g/mol. The van der Waals surface area contributed by atoms with Gasteiger partial charge in [-0.05, 0) is 12.1 Å². The van der Waals surface area contributed by atoms with Gasteiger partial charge in [0.2, 0.25) is 0 Å². The van der Waals surface area contributed by atoms with Crippen molar-refractivity contribution in [3.05, 3.63) is 41.7 Å². The normalized spacial score (nSPS) is 10.0. The summed E-state index contributed by atoms with van der Waals surface area (Å²) >= 11 is 5.77. The van der Waals surface area contributed by atoms with Gasteiger partial charge in [0.1, 0.15) is 6.61 Å². The number of para-hydroxylation sites is 1. The molecular formula is C11H13ClFNO. The van der Waals surface area contributed by atoms with E-state index in [9.17, 15) is 4.39 Å². The molecule has 0 aliphatic heterocycles. The van der Waals surface area contributed by atoms with Crippen LogP contribution in [0.5, 0.6) is 5.75 Å². The number of hydrogen-bond acceptors (Lipinski definition) is 2. The second-order valence-corrected chi connectivity index (χ2v) is 3.30. The first kappa shape index (κ1) is 12.0. The number of ether oxygens (including phenoxy) is 1. The Morgan fingerprint density at radius 3 is 3.00 bits per heavy atom. The Balaban J connectivity index is 2.40. The topological polar surface area (TPSA) is 21.3 Å². The fourth-order valence-corrected chi connectivity index (χ4v) is 1.27. The molecule has 0 aromatic heterocycles. The zero-order valence-electron chi connectivity index (χ0n) is 8.30. The van der Waals surface area contributed by atoms with Gasteiger partial charge in [-0.1, -0.05) is 23.7 Å². The molecule has 82 valence electrons. The molecule has 1 N–H and O–H groups in total. The average molecular weight is 230 g/mol. The minimum Gasteiger partial charge on any atom is -0.488 e. The molecule has 0 aliphatic carbocycles. The number of benzene rings is 1. The van der Waals surface area contributed by atoms with E-state index in [1.54, 1.807) is 18.2 Å². The predicted octanol–water partition coefficient (Wildman–Crippen LogP) is 2.63. The first-order valence-corrected chi connectivity index (χ1v) is 5.02. The van der Waals surface area contributed by atoms with E-state index in [1.807, 2.05) is 0 Å². The SMILES string of the molecule is C=CCNCCOc1c(F)cccc1Cl. The van der Waals surface area contributed by atoms with Gasteiger partial charge in [-0.3, -0.25) is 0 Å². The monoisotopic (exact) mass is 229 g/mol. The van der Waals surface area contributed by atoms with E-state index in [0.29, 0.717) is 24.7 Å². The van der Waals surface area contributed by atoms with Crippen molar-refractivity contribution in [1.82, 2.24) is 5.32 Å². The van der Waals surface area contributed by atoms with Crippen LogP contribution in [0.2, 0.25) is 5.02 Å². The molecule has 2 nitrogen and oxygen atoms in total. The molecule has 0 saturated carbocycles. The third kappa shape index (κ3) is 3.90. The van der Waals surface area contributed by atoms with E-state index >= 15 is 0 Å². The van der Waals surface area contributed by atoms with Crippen LogP contribution in [0.25, 0.3) is 0 Å². The van der Waals surface area contributed by atoms with Crippen LogP contribution >= 0.6 is 11.6 Å². The van der Waals surface area contributed by atoms with Gasteiger partial charge < -0.3 is 10.1 Å². The van der Waals surface area contributed by atoms with E-state index in [4.69, 9.17) is 16.3 Å². The van der Waals surface area contributed by atoms with Crippen molar-refractivity contribution >= 4 is 11.6 Å². The van der Waals surface area contributed by atoms with Gasteiger partial charge in [0, 0.05) is 13.1 Å². The summed E-state index contributed by atoms with van der Waals surface area (Å²) in [5.41, 5.74) is 0. The maximum atomic E-state index is 13.2. The third-order valence-corrected chi connectivity index (χ3v) is 2.03. The molecule has 0 saturated heterocycles. The Kier molecular flexibility index (Phi) is 5.15. The molecule has 15 heavy (non-hydrogen) atoms. The van der Waals surface area contributed by atoms with Crippen molar-refractivity contribution in [1.29, 1.82) is 0 Å². The minimum absolute atomic E-state index is 0.111. The summed E-state index contributed by atoms with van der Waals surface area (Å²) in [6.45, 7) is 5.25. The quantitative estimate of drug-likeness (QED) is 0.598. The van der Waals surface area contributed by atoms with Crippen LogP contribution in [0.1, 0.15) is 0 Å². The number of rotatable bonds is 6. The van der Waals surface area contributed by atoms with Crippen LogP contribution in [0.4, 0.5) is 4.39 Å². The predicted molar refractivity (Wildman–Crippen MR) is 60.0 cm³/mol. The van der Waals surface area contributed by atoms with Gasteiger partial charge in [-0.15, -0.1) is 6.58 Å². The van der Waals surface area contributed by atoms with Crippen LogP contribution < -0.4 is 10.1 Å². The van der Waals surface area contributed by atoms with Gasteiger partial charge in [0.25, 0.3) is 0 Å². The second kappa shape index (κ2) is 6.43. The van der Waals surface area contributed by atoms with Gasteiger partial charge in [-0.2, -0.15) is 0 Å². The molecule has 1 rings (SSSR count). The first-order valence-electron chi connectivity index (χ1n) is 4.64. The molecule has 1 aromatic carbocycles. The van der Waals surface area contributed by atoms with Crippen molar-refractivity contribution in [2.45, 2.75) is 0 Å². The average Bonchev–Trinajstić information content (AvgIpc) is 2.21. The third-order valence-electron chi connectivity index (χ3n) is 1.73. The maximum Gasteiger partial charge on any atom is 0.173 e. The highest BCUT2D eigenvalue weighted by Crippen LogP contribution is 2.26. The Morgan fingerprint density at radius 1 is 1.53 bits per heavy atom. The summed E-state index contributed by atoms with van der Waals surface area (Å²) in [7, 11) is 0. The lowest BCUT2D eigenvalue weighted by Gasteiger charge is -2.08. The lowest BCUT2D eigenvalue weighted by Crippen LogP contribution is -2.21. The number of halogens is 2. The van der Waals surface area contributed by atoms with Gasteiger partial charge in [-0.25, -0.2) is 4.39 Å². The minimum atomic E-state index is -0.439. The van der Waals surface area contributed by atoms with Crippen LogP contribution in [0.3, 0.4) is 0 Å². The Hall–Kier alpha value is -1.06. The number of hydrogen-bond donors (Lipinski definition) is 1. The Morgan fingerprint density at radius 2 is 2.33 bits per heavy atom. The fourth-order valence-electron chi connectivity index (χ4n) is 1.05. The summed E-state index contributed by atoms with van der Waals surface area (Å²) in [6.07, 6.45) is 1.75. The first-order chi connectivity index (χ1) is 7.25. The highest BCUT2D eigenvalue weighted by molar-refractivity contribution is 6.32. The highest BCUT2D eigenvalue weighted by Gasteiger charge is 2.06. The Labute approximate surface area is 93.7 Å². The smallest absolute Gasteiger partial charge is 0.173 e. The highest BCUT2D eigenvalue weighted by atomic mass is 35.5.